The van der Waals surface area contributed by atoms with E-state index in [4.69, 9.17) is 5.73 Å². The van der Waals surface area contributed by atoms with E-state index in [1.165, 1.54) is 12.1 Å². The van der Waals surface area contributed by atoms with Gasteiger partial charge in [-0.05, 0) is 38.1 Å². The molecule has 1 aromatic carbocycles. The van der Waals surface area contributed by atoms with Crippen molar-refractivity contribution in [2.45, 2.75) is 25.8 Å². The summed E-state index contributed by atoms with van der Waals surface area (Å²) in [4.78, 5) is 13.6. The van der Waals surface area contributed by atoms with Gasteiger partial charge >= 0.3 is 5.97 Å². The fraction of sp³-hybridized carbons (Fsp3) is 0.500. The van der Waals surface area contributed by atoms with Crippen molar-refractivity contribution in [1.82, 2.24) is 4.90 Å². The monoisotopic (exact) mass is 281 g/mol. The lowest BCUT2D eigenvalue weighted by molar-refractivity contribution is 0.0698. The lowest BCUT2D eigenvalue weighted by Gasteiger charge is -2.33. The number of likely N-dealkylation sites (tertiary alicyclic amines) is 1. The van der Waals surface area contributed by atoms with Crippen molar-refractivity contribution in [3.8, 4) is 0 Å². The second-order valence-corrected chi connectivity index (χ2v) is 5.07. The molecule has 2 rings (SSSR count). The van der Waals surface area contributed by atoms with Gasteiger partial charge < -0.3 is 21.1 Å². The normalized spacial score (nSPS) is 19.8. The zero-order chi connectivity index (χ0) is 14.7. The molecular formula is C14H20FN3O2. The highest BCUT2D eigenvalue weighted by Gasteiger charge is 2.22. The molecule has 1 aromatic rings. The van der Waals surface area contributed by atoms with Crippen LogP contribution < -0.4 is 11.1 Å². The van der Waals surface area contributed by atoms with Crippen LogP contribution in [-0.2, 0) is 0 Å². The van der Waals surface area contributed by atoms with Crippen LogP contribution >= 0.6 is 0 Å². The SMILES string of the molecule is CCN1CCCC(Nc2ccc(F)c(N)c2C(=O)O)C1. The quantitative estimate of drug-likeness (QED) is 0.736. The summed E-state index contributed by atoms with van der Waals surface area (Å²) in [6.45, 7) is 4.98. The molecule has 0 aliphatic carbocycles. The van der Waals surface area contributed by atoms with Crippen molar-refractivity contribution >= 4 is 17.3 Å². The molecule has 0 spiro atoms. The number of carboxylic acid groups (broad SMARTS) is 1. The number of nitrogen functional groups attached to an aromatic ring is 1. The summed E-state index contributed by atoms with van der Waals surface area (Å²) in [5.41, 5.74) is 5.43. The molecule has 0 amide bonds. The highest BCUT2D eigenvalue weighted by Crippen LogP contribution is 2.27. The molecule has 1 atom stereocenters. The van der Waals surface area contributed by atoms with Gasteiger partial charge in [0.15, 0.2) is 0 Å². The van der Waals surface area contributed by atoms with Crippen LogP contribution in [0.5, 0.6) is 0 Å². The van der Waals surface area contributed by atoms with Gasteiger partial charge in [-0.2, -0.15) is 0 Å². The number of carboxylic acids is 1. The van der Waals surface area contributed by atoms with E-state index in [-0.39, 0.29) is 17.3 Å². The second kappa shape index (κ2) is 6.09. The van der Waals surface area contributed by atoms with Crippen LogP contribution in [0.15, 0.2) is 12.1 Å². The maximum atomic E-state index is 13.4. The van der Waals surface area contributed by atoms with Gasteiger partial charge in [0.2, 0.25) is 0 Å². The maximum Gasteiger partial charge on any atom is 0.340 e. The van der Waals surface area contributed by atoms with Gasteiger partial charge in [-0.15, -0.1) is 0 Å². The molecule has 1 aliphatic heterocycles. The molecule has 1 fully saturated rings. The molecule has 0 radical (unpaired) electrons. The predicted molar refractivity (Wildman–Crippen MR) is 76.5 cm³/mol. The fourth-order valence-electron chi connectivity index (χ4n) is 2.63. The molecule has 1 heterocycles. The van der Waals surface area contributed by atoms with Gasteiger partial charge in [0.1, 0.15) is 11.4 Å². The Bertz CT molecular complexity index is 507. The van der Waals surface area contributed by atoms with E-state index >= 15 is 0 Å². The van der Waals surface area contributed by atoms with Gasteiger partial charge in [-0.3, -0.25) is 0 Å². The molecule has 110 valence electrons. The van der Waals surface area contributed by atoms with E-state index in [9.17, 15) is 14.3 Å². The first kappa shape index (κ1) is 14.6. The molecule has 5 nitrogen and oxygen atoms in total. The Kier molecular flexibility index (Phi) is 4.44. The number of nitrogens with one attached hydrogen (secondary N) is 1. The highest BCUT2D eigenvalue weighted by molar-refractivity contribution is 6.00. The first-order valence-corrected chi connectivity index (χ1v) is 6.83. The summed E-state index contributed by atoms with van der Waals surface area (Å²) >= 11 is 0. The van der Waals surface area contributed by atoms with Crippen LogP contribution in [0, 0.1) is 5.82 Å². The maximum absolute atomic E-state index is 13.4. The third-order valence-corrected chi connectivity index (χ3v) is 3.72. The number of nitrogens with zero attached hydrogens (tertiary/aromatic N) is 1. The van der Waals surface area contributed by atoms with Gasteiger partial charge in [-0.1, -0.05) is 6.92 Å². The Morgan fingerprint density at radius 3 is 3.00 bits per heavy atom. The zero-order valence-electron chi connectivity index (χ0n) is 11.5. The Morgan fingerprint density at radius 2 is 2.35 bits per heavy atom. The van der Waals surface area contributed by atoms with Gasteiger partial charge in [0.25, 0.3) is 0 Å². The van der Waals surface area contributed by atoms with Crippen molar-refractivity contribution in [3.05, 3.63) is 23.5 Å². The molecule has 4 N–H and O–H groups in total. The largest absolute Gasteiger partial charge is 0.478 e. The zero-order valence-corrected chi connectivity index (χ0v) is 11.5. The number of piperidine rings is 1. The van der Waals surface area contributed by atoms with Crippen LogP contribution in [0.3, 0.4) is 0 Å². The number of nitrogens with two attached hydrogens (primary N) is 1. The topological polar surface area (TPSA) is 78.6 Å². The van der Waals surface area contributed by atoms with Crippen LogP contribution in [0.25, 0.3) is 0 Å². The number of benzene rings is 1. The highest BCUT2D eigenvalue weighted by atomic mass is 19.1. The first-order valence-electron chi connectivity index (χ1n) is 6.83. The summed E-state index contributed by atoms with van der Waals surface area (Å²) in [5, 5.41) is 12.4. The Labute approximate surface area is 117 Å². The van der Waals surface area contributed by atoms with Crippen molar-refractivity contribution in [2.75, 3.05) is 30.7 Å². The third-order valence-electron chi connectivity index (χ3n) is 3.72. The Morgan fingerprint density at radius 1 is 1.60 bits per heavy atom. The Balaban J connectivity index is 2.21. The van der Waals surface area contributed by atoms with E-state index in [1.807, 2.05) is 0 Å². The summed E-state index contributed by atoms with van der Waals surface area (Å²) in [6.07, 6.45) is 2.03. The molecule has 1 saturated heterocycles. The van der Waals surface area contributed by atoms with Crippen LogP contribution in [0.1, 0.15) is 30.1 Å². The van der Waals surface area contributed by atoms with Crippen molar-refractivity contribution in [3.63, 3.8) is 0 Å². The molecule has 20 heavy (non-hydrogen) atoms. The minimum Gasteiger partial charge on any atom is -0.478 e. The van der Waals surface area contributed by atoms with E-state index in [1.54, 1.807) is 0 Å². The van der Waals surface area contributed by atoms with Crippen LogP contribution in [-0.4, -0.2) is 41.7 Å². The molecule has 0 saturated carbocycles. The molecule has 0 aromatic heterocycles. The van der Waals surface area contributed by atoms with Crippen molar-refractivity contribution < 1.29 is 14.3 Å². The molecule has 6 heteroatoms. The van der Waals surface area contributed by atoms with Crippen molar-refractivity contribution in [1.29, 1.82) is 0 Å². The average Bonchev–Trinajstić information content (AvgIpc) is 2.43. The van der Waals surface area contributed by atoms with Gasteiger partial charge in [0.05, 0.1) is 11.4 Å². The average molecular weight is 281 g/mol. The van der Waals surface area contributed by atoms with Crippen LogP contribution in [0.2, 0.25) is 0 Å². The number of likely N-dealkylation sites (N-methyl/N-ethyl adjacent to an activating group) is 1. The fourth-order valence-corrected chi connectivity index (χ4v) is 2.63. The molecule has 0 bridgehead atoms. The number of rotatable bonds is 4. The van der Waals surface area contributed by atoms with Crippen molar-refractivity contribution in [2.24, 2.45) is 0 Å². The number of aromatic carboxylic acids is 1. The minimum absolute atomic E-state index is 0.159. The van der Waals surface area contributed by atoms with Gasteiger partial charge in [-0.25, -0.2) is 9.18 Å². The van der Waals surface area contributed by atoms with Crippen LogP contribution in [0.4, 0.5) is 15.8 Å². The lowest BCUT2D eigenvalue weighted by atomic mass is 10.0. The van der Waals surface area contributed by atoms with E-state index in [0.29, 0.717) is 5.69 Å². The van der Waals surface area contributed by atoms with Gasteiger partial charge in [0, 0.05) is 12.6 Å². The predicted octanol–water partition coefficient (Wildman–Crippen LogP) is 2.00. The minimum atomic E-state index is -1.22. The standard InChI is InChI=1S/C14H20FN3O2/c1-2-18-7-3-4-9(8-18)17-11-6-5-10(15)13(16)12(11)14(19)20/h5-6,9,17H,2-4,7-8,16H2,1H3,(H,19,20). The number of hydrogen-bond donors (Lipinski definition) is 3. The molecular weight excluding hydrogens is 261 g/mol. The lowest BCUT2D eigenvalue weighted by Crippen LogP contribution is -2.42. The summed E-state index contributed by atoms with van der Waals surface area (Å²) in [6, 6.07) is 2.80. The number of hydrogen-bond acceptors (Lipinski definition) is 4. The molecule has 1 unspecified atom stereocenters. The number of halogens is 1. The summed E-state index contributed by atoms with van der Waals surface area (Å²) in [5.74, 6) is -1.92. The number of anilines is 2. The van der Waals surface area contributed by atoms with E-state index < -0.39 is 11.8 Å². The smallest absolute Gasteiger partial charge is 0.340 e. The van der Waals surface area contributed by atoms with E-state index in [0.717, 1.165) is 32.5 Å². The molecule has 1 aliphatic rings. The Hall–Kier alpha value is -1.82. The summed E-state index contributed by atoms with van der Waals surface area (Å²) < 4.78 is 13.4. The van der Waals surface area contributed by atoms with E-state index in [2.05, 4.69) is 17.1 Å². The first-order chi connectivity index (χ1) is 9.52. The summed E-state index contributed by atoms with van der Waals surface area (Å²) in [7, 11) is 0. The third kappa shape index (κ3) is 3.01. The number of carbonyl (C=O) groups is 1. The second-order valence-electron chi connectivity index (χ2n) is 5.07.